The average molecular weight is 384 g/mol. The van der Waals surface area contributed by atoms with Crippen molar-refractivity contribution in [2.75, 3.05) is 5.73 Å². The van der Waals surface area contributed by atoms with Gasteiger partial charge in [0.1, 0.15) is 0 Å². The van der Waals surface area contributed by atoms with Crippen LogP contribution in [0.5, 0.6) is 0 Å². The molecule has 0 bridgehead atoms. The zero-order valence-electron chi connectivity index (χ0n) is 10.6. The number of anilines is 1. The van der Waals surface area contributed by atoms with Gasteiger partial charge in [0.25, 0.3) is 0 Å². The minimum Gasteiger partial charge on any atom is -0.380 e. The Morgan fingerprint density at radius 1 is 1.00 bits per heavy atom. The highest BCUT2D eigenvalue weighted by Gasteiger charge is 2.19. The summed E-state index contributed by atoms with van der Waals surface area (Å²) in [5.74, 6) is 0.910. The first-order valence-electron chi connectivity index (χ1n) is 6.03. The van der Waals surface area contributed by atoms with Gasteiger partial charge < -0.3 is 10.3 Å². The van der Waals surface area contributed by atoms with E-state index in [1.54, 1.807) is 24.3 Å². The summed E-state index contributed by atoms with van der Waals surface area (Å²) in [5, 5.41) is 5.16. The molecule has 21 heavy (non-hydrogen) atoms. The molecule has 0 aliphatic rings. The Labute approximate surface area is 139 Å². The average Bonchev–Trinajstić information content (AvgIpc) is 2.82. The molecule has 3 rings (SSSR count). The van der Waals surface area contributed by atoms with Gasteiger partial charge in [-0.15, -0.1) is 0 Å². The van der Waals surface area contributed by atoms with E-state index in [4.69, 9.17) is 33.5 Å². The number of halogens is 3. The number of hydrogen-bond donors (Lipinski definition) is 1. The largest absolute Gasteiger partial charge is 0.380 e. The number of benzene rings is 2. The topological polar surface area (TPSA) is 52.0 Å². The molecular weight excluding hydrogens is 375 g/mol. The minimum absolute atomic E-state index is 0.328. The van der Waals surface area contributed by atoms with Crippen molar-refractivity contribution in [2.24, 2.45) is 0 Å². The van der Waals surface area contributed by atoms with E-state index < -0.39 is 0 Å². The summed E-state index contributed by atoms with van der Waals surface area (Å²) in [7, 11) is 0. The fraction of sp³-hybridized carbons (Fsp3) is 0. The fourth-order valence-electron chi connectivity index (χ4n) is 2.06. The van der Waals surface area contributed by atoms with Gasteiger partial charge in [-0.1, -0.05) is 40.5 Å². The van der Waals surface area contributed by atoms with E-state index in [0.717, 1.165) is 21.2 Å². The molecule has 0 spiro atoms. The van der Waals surface area contributed by atoms with Crippen LogP contribution >= 0.6 is 39.1 Å². The molecular formula is C15H9BrCl2N2O. The SMILES string of the molecule is Nc1noc(-c2ccc(Cl)cc2Br)c1-c1ccc(Cl)cc1. The Kier molecular flexibility index (Phi) is 3.93. The van der Waals surface area contributed by atoms with Gasteiger partial charge in [0.15, 0.2) is 11.6 Å². The lowest BCUT2D eigenvalue weighted by atomic mass is 10.0. The number of hydrogen-bond acceptors (Lipinski definition) is 3. The fourth-order valence-corrected chi connectivity index (χ4v) is 3.04. The molecule has 0 saturated heterocycles. The molecule has 0 aliphatic carbocycles. The molecule has 0 atom stereocenters. The molecule has 3 aromatic rings. The van der Waals surface area contributed by atoms with Crippen molar-refractivity contribution in [3.63, 3.8) is 0 Å². The van der Waals surface area contributed by atoms with E-state index in [2.05, 4.69) is 21.1 Å². The van der Waals surface area contributed by atoms with Crippen LogP contribution in [-0.2, 0) is 0 Å². The monoisotopic (exact) mass is 382 g/mol. The zero-order valence-corrected chi connectivity index (χ0v) is 13.7. The van der Waals surface area contributed by atoms with Gasteiger partial charge in [0, 0.05) is 20.1 Å². The second kappa shape index (κ2) is 5.72. The van der Waals surface area contributed by atoms with Crippen molar-refractivity contribution in [1.29, 1.82) is 0 Å². The first-order valence-corrected chi connectivity index (χ1v) is 7.57. The molecule has 0 radical (unpaired) electrons. The number of rotatable bonds is 2. The van der Waals surface area contributed by atoms with E-state index in [-0.39, 0.29) is 0 Å². The third-order valence-corrected chi connectivity index (χ3v) is 4.17. The highest BCUT2D eigenvalue weighted by molar-refractivity contribution is 9.10. The Hall–Kier alpha value is -1.49. The van der Waals surface area contributed by atoms with Crippen LogP contribution in [-0.4, -0.2) is 5.16 Å². The van der Waals surface area contributed by atoms with Crippen molar-refractivity contribution < 1.29 is 4.52 Å². The van der Waals surface area contributed by atoms with Crippen LogP contribution in [0.25, 0.3) is 22.5 Å². The van der Waals surface area contributed by atoms with Gasteiger partial charge in [0.05, 0.1) is 5.56 Å². The van der Waals surface area contributed by atoms with Crippen LogP contribution in [0.2, 0.25) is 10.0 Å². The van der Waals surface area contributed by atoms with Gasteiger partial charge in [-0.25, -0.2) is 0 Å². The van der Waals surface area contributed by atoms with E-state index >= 15 is 0 Å². The molecule has 3 nitrogen and oxygen atoms in total. The Bertz CT molecular complexity index is 800. The summed E-state index contributed by atoms with van der Waals surface area (Å²) in [4.78, 5) is 0. The molecule has 106 valence electrons. The quantitative estimate of drug-likeness (QED) is 0.621. The first kappa shape index (κ1) is 14.4. The molecule has 1 heterocycles. The summed E-state index contributed by atoms with van der Waals surface area (Å²) in [6.45, 7) is 0. The maximum absolute atomic E-state index is 5.97. The molecule has 6 heteroatoms. The second-order valence-electron chi connectivity index (χ2n) is 4.40. The Morgan fingerprint density at radius 3 is 2.33 bits per heavy atom. The summed E-state index contributed by atoms with van der Waals surface area (Å²) < 4.78 is 6.21. The molecule has 0 fully saturated rings. The predicted octanol–water partition coefficient (Wildman–Crippen LogP) is 5.66. The lowest BCUT2D eigenvalue weighted by Gasteiger charge is -2.05. The highest BCUT2D eigenvalue weighted by atomic mass is 79.9. The summed E-state index contributed by atoms with van der Waals surface area (Å²) in [5.41, 5.74) is 8.39. The normalized spacial score (nSPS) is 10.8. The first-order chi connectivity index (χ1) is 10.1. The van der Waals surface area contributed by atoms with Crippen LogP contribution in [0.15, 0.2) is 51.5 Å². The number of aromatic nitrogens is 1. The summed E-state index contributed by atoms with van der Waals surface area (Å²) >= 11 is 15.4. The standard InChI is InChI=1S/C15H9BrCl2N2O/c16-12-7-10(18)5-6-11(12)14-13(15(19)20-21-14)8-1-3-9(17)4-2-8/h1-7H,(H2,19,20). The van der Waals surface area contributed by atoms with Crippen LogP contribution in [0.1, 0.15) is 0 Å². The van der Waals surface area contributed by atoms with Gasteiger partial charge in [-0.3, -0.25) is 0 Å². The minimum atomic E-state index is 0.328. The molecule has 1 aromatic heterocycles. The van der Waals surface area contributed by atoms with E-state index in [1.165, 1.54) is 0 Å². The third-order valence-electron chi connectivity index (χ3n) is 3.03. The molecule has 2 aromatic carbocycles. The van der Waals surface area contributed by atoms with E-state index in [9.17, 15) is 0 Å². The third kappa shape index (κ3) is 2.79. The van der Waals surface area contributed by atoms with Crippen LogP contribution < -0.4 is 5.73 Å². The smallest absolute Gasteiger partial charge is 0.178 e. The molecule has 0 aliphatic heterocycles. The zero-order chi connectivity index (χ0) is 15.0. The lowest BCUT2D eigenvalue weighted by Crippen LogP contribution is -1.89. The Balaban J connectivity index is 2.19. The van der Waals surface area contributed by atoms with Crippen molar-refractivity contribution >= 4 is 44.9 Å². The van der Waals surface area contributed by atoms with E-state index in [0.29, 0.717) is 21.6 Å². The number of nitrogens with zero attached hydrogens (tertiary/aromatic N) is 1. The summed E-state index contributed by atoms with van der Waals surface area (Å²) in [6.07, 6.45) is 0. The molecule has 0 unspecified atom stereocenters. The molecule has 0 saturated carbocycles. The molecule has 0 amide bonds. The van der Waals surface area contributed by atoms with Crippen molar-refractivity contribution in [3.8, 4) is 22.5 Å². The van der Waals surface area contributed by atoms with Crippen LogP contribution in [0, 0.1) is 0 Å². The van der Waals surface area contributed by atoms with Gasteiger partial charge in [0.2, 0.25) is 0 Å². The van der Waals surface area contributed by atoms with Gasteiger partial charge in [-0.2, -0.15) is 0 Å². The molecule has 2 N–H and O–H groups in total. The predicted molar refractivity (Wildman–Crippen MR) is 89.5 cm³/mol. The highest BCUT2D eigenvalue weighted by Crippen LogP contribution is 2.40. The number of nitrogen functional groups attached to an aromatic ring is 1. The van der Waals surface area contributed by atoms with Gasteiger partial charge in [-0.05, 0) is 51.8 Å². The van der Waals surface area contributed by atoms with Gasteiger partial charge >= 0.3 is 0 Å². The maximum atomic E-state index is 5.97. The second-order valence-corrected chi connectivity index (χ2v) is 6.13. The Morgan fingerprint density at radius 2 is 1.67 bits per heavy atom. The lowest BCUT2D eigenvalue weighted by molar-refractivity contribution is 0.436. The van der Waals surface area contributed by atoms with Crippen molar-refractivity contribution in [3.05, 3.63) is 57.0 Å². The van der Waals surface area contributed by atoms with Crippen LogP contribution in [0.4, 0.5) is 5.82 Å². The van der Waals surface area contributed by atoms with E-state index in [1.807, 2.05) is 18.2 Å². The van der Waals surface area contributed by atoms with Crippen molar-refractivity contribution in [1.82, 2.24) is 5.16 Å². The number of nitrogens with two attached hydrogens (primary N) is 1. The van der Waals surface area contributed by atoms with Crippen molar-refractivity contribution in [2.45, 2.75) is 0 Å². The maximum Gasteiger partial charge on any atom is 0.178 e. The summed E-state index contributed by atoms with van der Waals surface area (Å²) in [6, 6.07) is 12.8. The van der Waals surface area contributed by atoms with Crippen LogP contribution in [0.3, 0.4) is 0 Å².